The quantitative estimate of drug-likeness (QED) is 0.695. The van der Waals surface area contributed by atoms with E-state index >= 15 is 0 Å². The highest BCUT2D eigenvalue weighted by Gasteiger charge is 2.19. The van der Waals surface area contributed by atoms with Gasteiger partial charge in [0.25, 0.3) is 5.91 Å². The number of nitrogens with one attached hydrogen (secondary N) is 2. The minimum Gasteiger partial charge on any atom is -0.395 e. The van der Waals surface area contributed by atoms with E-state index in [9.17, 15) is 13.2 Å². The van der Waals surface area contributed by atoms with Crippen LogP contribution in [0.3, 0.4) is 0 Å². The number of nitrogens with two attached hydrogens (primary N) is 1. The molecule has 0 aliphatic carbocycles. The Hall–Kier alpha value is -1.57. The Morgan fingerprint density at radius 2 is 2.11 bits per heavy atom. The minimum atomic E-state index is -3.09. The second-order valence-electron chi connectivity index (χ2n) is 4.55. The minimum absolute atomic E-state index is 0.0539. The number of carbonyl (C=O) groups is 1. The molecular weight excluding hydrogens is 268 g/mol. The summed E-state index contributed by atoms with van der Waals surface area (Å²) >= 11 is 0. The molecule has 1 rings (SSSR count). The molecule has 0 unspecified atom stereocenters. The van der Waals surface area contributed by atoms with Crippen molar-refractivity contribution >= 4 is 21.4 Å². The number of rotatable bonds is 6. The average Bonchev–Trinajstić information content (AvgIpc) is 2.71. The summed E-state index contributed by atoms with van der Waals surface area (Å²) < 4.78 is 22.6. The van der Waals surface area contributed by atoms with Gasteiger partial charge in [-0.05, 0) is 5.92 Å². The van der Waals surface area contributed by atoms with Gasteiger partial charge < -0.3 is 11.1 Å². The number of amides is 1. The maximum Gasteiger partial charge on any atom is 0.273 e. The standard InChI is InChI=1S/C11H20N4O3S/c1-4-19(17,18)6-5-13-11(16)10-8(12)9(7(2)3)14-15-10/h7H,4-6,12H2,1-3H3,(H,13,16)(H,14,15). The lowest BCUT2D eigenvalue weighted by Crippen LogP contribution is -2.30. The Bertz CT molecular complexity index is 548. The van der Waals surface area contributed by atoms with Crippen LogP contribution in [0.5, 0.6) is 0 Å². The number of sulfone groups is 1. The number of anilines is 1. The van der Waals surface area contributed by atoms with Gasteiger partial charge in [0, 0.05) is 12.3 Å². The van der Waals surface area contributed by atoms with E-state index in [-0.39, 0.29) is 29.7 Å². The van der Waals surface area contributed by atoms with E-state index in [4.69, 9.17) is 5.73 Å². The Kier molecular flexibility index (Phi) is 4.93. The van der Waals surface area contributed by atoms with E-state index in [1.54, 1.807) is 6.92 Å². The molecule has 7 nitrogen and oxygen atoms in total. The van der Waals surface area contributed by atoms with E-state index < -0.39 is 15.7 Å². The third-order valence-corrected chi connectivity index (χ3v) is 4.47. The Balaban J connectivity index is 2.65. The zero-order chi connectivity index (χ0) is 14.6. The van der Waals surface area contributed by atoms with Gasteiger partial charge in [0.05, 0.1) is 17.1 Å². The van der Waals surface area contributed by atoms with Gasteiger partial charge in [-0.25, -0.2) is 8.42 Å². The summed E-state index contributed by atoms with van der Waals surface area (Å²) in [6.07, 6.45) is 0. The Labute approximate surface area is 112 Å². The molecule has 4 N–H and O–H groups in total. The predicted molar refractivity (Wildman–Crippen MR) is 73.8 cm³/mol. The molecule has 0 aliphatic rings. The van der Waals surface area contributed by atoms with Crippen LogP contribution in [0, 0.1) is 0 Å². The summed E-state index contributed by atoms with van der Waals surface area (Å²) in [6, 6.07) is 0. The first-order valence-electron chi connectivity index (χ1n) is 6.10. The van der Waals surface area contributed by atoms with Crippen molar-refractivity contribution in [1.82, 2.24) is 15.5 Å². The summed E-state index contributed by atoms with van der Waals surface area (Å²) in [4.78, 5) is 11.8. The van der Waals surface area contributed by atoms with Crippen molar-refractivity contribution in [2.45, 2.75) is 26.7 Å². The van der Waals surface area contributed by atoms with Crippen LogP contribution in [-0.4, -0.2) is 42.6 Å². The molecule has 1 aromatic rings. The van der Waals surface area contributed by atoms with E-state index in [2.05, 4.69) is 15.5 Å². The van der Waals surface area contributed by atoms with Crippen molar-refractivity contribution in [2.75, 3.05) is 23.8 Å². The van der Waals surface area contributed by atoms with Gasteiger partial charge in [0.2, 0.25) is 0 Å². The van der Waals surface area contributed by atoms with Crippen molar-refractivity contribution in [3.63, 3.8) is 0 Å². The fourth-order valence-electron chi connectivity index (χ4n) is 1.53. The molecule has 108 valence electrons. The van der Waals surface area contributed by atoms with Crippen molar-refractivity contribution in [1.29, 1.82) is 0 Å². The lowest BCUT2D eigenvalue weighted by Gasteiger charge is -2.05. The number of aromatic amines is 1. The first kappa shape index (κ1) is 15.5. The molecule has 0 fully saturated rings. The zero-order valence-corrected chi connectivity index (χ0v) is 12.2. The first-order chi connectivity index (χ1) is 8.78. The van der Waals surface area contributed by atoms with Gasteiger partial charge in [-0.15, -0.1) is 0 Å². The lowest BCUT2D eigenvalue weighted by molar-refractivity contribution is 0.0952. The molecule has 0 spiro atoms. The Morgan fingerprint density at radius 1 is 1.47 bits per heavy atom. The molecule has 0 saturated heterocycles. The topological polar surface area (TPSA) is 118 Å². The molecular formula is C11H20N4O3S. The second kappa shape index (κ2) is 6.05. The Morgan fingerprint density at radius 3 is 2.58 bits per heavy atom. The molecule has 1 aromatic heterocycles. The van der Waals surface area contributed by atoms with E-state index in [0.29, 0.717) is 11.4 Å². The molecule has 19 heavy (non-hydrogen) atoms. The molecule has 0 aliphatic heterocycles. The van der Waals surface area contributed by atoms with Crippen LogP contribution in [0.2, 0.25) is 0 Å². The van der Waals surface area contributed by atoms with Gasteiger partial charge >= 0.3 is 0 Å². The predicted octanol–water partition coefficient (Wildman–Crippen LogP) is 0.280. The number of nitrogens with zero attached hydrogens (tertiary/aromatic N) is 1. The molecule has 0 bridgehead atoms. The highest BCUT2D eigenvalue weighted by molar-refractivity contribution is 7.91. The maximum absolute atomic E-state index is 11.8. The average molecular weight is 288 g/mol. The van der Waals surface area contributed by atoms with Crippen LogP contribution in [0.4, 0.5) is 5.69 Å². The maximum atomic E-state index is 11.8. The second-order valence-corrected chi connectivity index (χ2v) is 7.02. The van der Waals surface area contributed by atoms with Crippen molar-refractivity contribution < 1.29 is 13.2 Å². The van der Waals surface area contributed by atoms with Crippen LogP contribution in [0.15, 0.2) is 0 Å². The molecule has 1 heterocycles. The summed E-state index contributed by atoms with van der Waals surface area (Å²) in [5.74, 6) is -0.358. The summed E-state index contributed by atoms with van der Waals surface area (Å²) in [7, 11) is -3.09. The van der Waals surface area contributed by atoms with Gasteiger partial charge in [-0.1, -0.05) is 20.8 Å². The van der Waals surface area contributed by atoms with Crippen LogP contribution >= 0.6 is 0 Å². The fraction of sp³-hybridized carbons (Fsp3) is 0.636. The van der Waals surface area contributed by atoms with Gasteiger partial charge in [-0.3, -0.25) is 9.89 Å². The van der Waals surface area contributed by atoms with Gasteiger partial charge in [0.1, 0.15) is 0 Å². The highest BCUT2D eigenvalue weighted by Crippen LogP contribution is 2.21. The molecule has 0 atom stereocenters. The molecule has 0 radical (unpaired) electrons. The molecule has 8 heteroatoms. The SMILES string of the molecule is CCS(=O)(=O)CCNC(=O)c1n[nH]c(C(C)C)c1N. The number of H-pyrrole nitrogens is 1. The molecule has 1 amide bonds. The molecule has 0 saturated carbocycles. The summed E-state index contributed by atoms with van der Waals surface area (Å²) in [5.41, 5.74) is 6.94. The zero-order valence-electron chi connectivity index (χ0n) is 11.4. The van der Waals surface area contributed by atoms with Crippen molar-refractivity contribution in [3.8, 4) is 0 Å². The molecule has 0 aromatic carbocycles. The van der Waals surface area contributed by atoms with Crippen LogP contribution in [-0.2, 0) is 9.84 Å². The number of nitrogen functional groups attached to an aromatic ring is 1. The summed E-state index contributed by atoms with van der Waals surface area (Å²) in [6.45, 7) is 5.48. The largest absolute Gasteiger partial charge is 0.395 e. The normalized spacial score (nSPS) is 11.8. The van der Waals surface area contributed by atoms with Gasteiger partial charge in [-0.2, -0.15) is 5.10 Å². The third-order valence-electron chi connectivity index (χ3n) is 2.76. The number of aromatic nitrogens is 2. The summed E-state index contributed by atoms with van der Waals surface area (Å²) in [5, 5.41) is 9.08. The number of hydrogen-bond donors (Lipinski definition) is 3. The van der Waals surface area contributed by atoms with Gasteiger partial charge in [0.15, 0.2) is 15.5 Å². The number of carbonyl (C=O) groups excluding carboxylic acids is 1. The smallest absolute Gasteiger partial charge is 0.273 e. The van der Waals surface area contributed by atoms with E-state index in [1.807, 2.05) is 13.8 Å². The van der Waals surface area contributed by atoms with Crippen molar-refractivity contribution in [2.24, 2.45) is 0 Å². The fourth-order valence-corrected chi connectivity index (χ4v) is 2.23. The monoisotopic (exact) mass is 288 g/mol. The van der Waals surface area contributed by atoms with E-state index in [1.165, 1.54) is 0 Å². The lowest BCUT2D eigenvalue weighted by atomic mass is 10.1. The van der Waals surface area contributed by atoms with Crippen LogP contribution < -0.4 is 11.1 Å². The highest BCUT2D eigenvalue weighted by atomic mass is 32.2. The van der Waals surface area contributed by atoms with E-state index in [0.717, 1.165) is 0 Å². The first-order valence-corrected chi connectivity index (χ1v) is 7.93. The number of hydrogen-bond acceptors (Lipinski definition) is 5. The van der Waals surface area contributed by atoms with Crippen LogP contribution in [0.1, 0.15) is 42.9 Å². The van der Waals surface area contributed by atoms with Crippen LogP contribution in [0.25, 0.3) is 0 Å². The third kappa shape index (κ3) is 3.95. The van der Waals surface area contributed by atoms with Crippen molar-refractivity contribution in [3.05, 3.63) is 11.4 Å².